The molecule has 0 radical (unpaired) electrons. The zero-order valence-corrected chi connectivity index (χ0v) is 20.4. The van der Waals surface area contributed by atoms with Crippen LogP contribution >= 0.6 is 39.1 Å². The van der Waals surface area contributed by atoms with Crippen LogP contribution in [-0.2, 0) is 16.2 Å². The quantitative estimate of drug-likeness (QED) is 0.312. The third kappa shape index (κ3) is 5.00. The maximum atomic E-state index is 12.8. The van der Waals surface area contributed by atoms with Gasteiger partial charge in [0.2, 0.25) is 0 Å². The number of carbonyl (C=O) groups is 2. The standard InChI is InChI=1S/C24H17BrCl2N2O4/c1-32-21-11-15(10-17-23(30)28-29(24(17)31)16-5-3-2-4-6-16)18(25)12-22(21)33-13-14-7-8-19(26)20(27)9-14/h2-12H,13H2,1H3,(H,28,30)/b17-10-. The molecule has 33 heavy (non-hydrogen) atoms. The van der Waals surface area contributed by atoms with Crippen molar-refractivity contribution in [3.05, 3.63) is 91.9 Å². The number of carbonyl (C=O) groups excluding carboxylic acids is 2. The number of para-hydroxylation sites is 1. The van der Waals surface area contributed by atoms with Gasteiger partial charge >= 0.3 is 0 Å². The van der Waals surface area contributed by atoms with Gasteiger partial charge in [0.25, 0.3) is 11.8 Å². The van der Waals surface area contributed by atoms with Gasteiger partial charge in [0.15, 0.2) is 11.5 Å². The Morgan fingerprint density at radius 1 is 1.00 bits per heavy atom. The molecule has 3 aromatic carbocycles. The Bertz CT molecular complexity index is 1260. The average Bonchev–Trinajstić information content (AvgIpc) is 3.10. The van der Waals surface area contributed by atoms with Crippen LogP contribution in [0.3, 0.4) is 0 Å². The zero-order chi connectivity index (χ0) is 23.5. The molecule has 1 aliphatic rings. The first kappa shape index (κ1) is 23.2. The highest BCUT2D eigenvalue weighted by Gasteiger charge is 2.34. The summed E-state index contributed by atoms with van der Waals surface area (Å²) in [7, 11) is 1.51. The van der Waals surface area contributed by atoms with Crippen LogP contribution in [0, 0.1) is 0 Å². The second-order valence-corrected chi connectivity index (χ2v) is 8.71. The molecule has 0 unspecified atom stereocenters. The molecule has 2 amide bonds. The molecule has 3 aromatic rings. The summed E-state index contributed by atoms with van der Waals surface area (Å²) in [4.78, 5) is 25.3. The summed E-state index contributed by atoms with van der Waals surface area (Å²) in [6.07, 6.45) is 1.51. The first-order valence-corrected chi connectivity index (χ1v) is 11.3. The van der Waals surface area contributed by atoms with Crippen molar-refractivity contribution in [1.29, 1.82) is 0 Å². The molecule has 0 atom stereocenters. The largest absolute Gasteiger partial charge is 0.493 e. The number of hydrogen-bond acceptors (Lipinski definition) is 4. The van der Waals surface area contributed by atoms with Crippen molar-refractivity contribution < 1.29 is 19.1 Å². The van der Waals surface area contributed by atoms with E-state index in [9.17, 15) is 9.59 Å². The van der Waals surface area contributed by atoms with E-state index in [1.165, 1.54) is 18.2 Å². The molecule has 4 rings (SSSR count). The topological polar surface area (TPSA) is 67.9 Å². The summed E-state index contributed by atoms with van der Waals surface area (Å²) < 4.78 is 12.0. The summed E-state index contributed by atoms with van der Waals surface area (Å²) in [5.74, 6) is -0.0201. The van der Waals surface area contributed by atoms with Crippen LogP contribution in [0.4, 0.5) is 5.69 Å². The average molecular weight is 548 g/mol. The lowest BCUT2D eigenvalue weighted by Gasteiger charge is -2.14. The van der Waals surface area contributed by atoms with E-state index >= 15 is 0 Å². The number of hydrazine groups is 1. The number of hydrogen-bond donors (Lipinski definition) is 1. The lowest BCUT2D eigenvalue weighted by atomic mass is 10.1. The number of methoxy groups -OCH3 is 1. The minimum atomic E-state index is -0.491. The fraction of sp³-hybridized carbons (Fsp3) is 0.0833. The molecule has 0 aromatic heterocycles. The van der Waals surface area contributed by atoms with E-state index < -0.39 is 11.8 Å². The van der Waals surface area contributed by atoms with Crippen LogP contribution in [0.5, 0.6) is 11.5 Å². The number of benzene rings is 3. The van der Waals surface area contributed by atoms with Gasteiger partial charge in [-0.1, -0.05) is 63.4 Å². The maximum absolute atomic E-state index is 12.8. The van der Waals surface area contributed by atoms with Gasteiger partial charge in [-0.3, -0.25) is 15.0 Å². The van der Waals surface area contributed by atoms with Gasteiger partial charge in [-0.15, -0.1) is 0 Å². The van der Waals surface area contributed by atoms with Crippen molar-refractivity contribution in [3.8, 4) is 11.5 Å². The molecule has 0 aliphatic carbocycles. The molecular weight excluding hydrogens is 531 g/mol. The van der Waals surface area contributed by atoms with Crippen molar-refractivity contribution >= 4 is 62.7 Å². The summed E-state index contributed by atoms with van der Waals surface area (Å²) in [6.45, 7) is 0.243. The molecule has 168 valence electrons. The molecule has 0 spiro atoms. The molecule has 1 fully saturated rings. The number of anilines is 1. The van der Waals surface area contributed by atoms with E-state index in [0.717, 1.165) is 5.56 Å². The predicted molar refractivity (Wildman–Crippen MR) is 132 cm³/mol. The van der Waals surface area contributed by atoms with Crippen LogP contribution in [0.1, 0.15) is 11.1 Å². The van der Waals surface area contributed by atoms with Gasteiger partial charge in [0.1, 0.15) is 12.2 Å². The Morgan fingerprint density at radius 3 is 2.45 bits per heavy atom. The maximum Gasteiger partial charge on any atom is 0.282 e. The minimum Gasteiger partial charge on any atom is -0.493 e. The smallest absolute Gasteiger partial charge is 0.282 e. The van der Waals surface area contributed by atoms with Crippen LogP contribution in [0.25, 0.3) is 6.08 Å². The van der Waals surface area contributed by atoms with Gasteiger partial charge in [-0.25, -0.2) is 5.01 Å². The highest BCUT2D eigenvalue weighted by atomic mass is 79.9. The van der Waals surface area contributed by atoms with Crippen LogP contribution in [0.2, 0.25) is 10.0 Å². The molecule has 1 heterocycles. The van der Waals surface area contributed by atoms with E-state index in [2.05, 4.69) is 21.4 Å². The van der Waals surface area contributed by atoms with Crippen molar-refractivity contribution in [2.45, 2.75) is 6.61 Å². The van der Waals surface area contributed by atoms with Crippen molar-refractivity contribution in [3.63, 3.8) is 0 Å². The van der Waals surface area contributed by atoms with E-state index in [1.54, 1.807) is 48.5 Å². The van der Waals surface area contributed by atoms with E-state index in [0.29, 0.717) is 37.3 Å². The number of nitrogens with zero attached hydrogens (tertiary/aromatic N) is 1. The molecule has 1 aliphatic heterocycles. The van der Waals surface area contributed by atoms with Crippen LogP contribution < -0.4 is 19.9 Å². The highest BCUT2D eigenvalue weighted by Crippen LogP contribution is 2.36. The molecule has 9 heteroatoms. The Kier molecular flexibility index (Phi) is 6.93. The normalized spacial score (nSPS) is 14.5. The summed E-state index contributed by atoms with van der Waals surface area (Å²) in [6, 6.07) is 17.5. The first-order valence-electron chi connectivity index (χ1n) is 9.74. The van der Waals surface area contributed by atoms with Crippen molar-refractivity contribution in [1.82, 2.24) is 5.43 Å². The fourth-order valence-electron chi connectivity index (χ4n) is 3.20. The van der Waals surface area contributed by atoms with E-state index in [1.807, 2.05) is 12.1 Å². The number of nitrogens with one attached hydrogen (secondary N) is 1. The summed E-state index contributed by atoms with van der Waals surface area (Å²) in [5, 5.41) is 2.13. The number of rotatable bonds is 6. The van der Waals surface area contributed by atoms with E-state index in [4.69, 9.17) is 32.7 Å². The third-order valence-electron chi connectivity index (χ3n) is 4.87. The number of amides is 2. The van der Waals surface area contributed by atoms with Gasteiger partial charge in [0, 0.05) is 4.47 Å². The van der Waals surface area contributed by atoms with Gasteiger partial charge in [-0.05, 0) is 53.6 Å². The Morgan fingerprint density at radius 2 is 1.76 bits per heavy atom. The molecule has 1 saturated heterocycles. The second kappa shape index (κ2) is 9.87. The molecule has 0 saturated carbocycles. The molecule has 6 nitrogen and oxygen atoms in total. The predicted octanol–water partition coefficient (Wildman–Crippen LogP) is 5.80. The summed E-state index contributed by atoms with van der Waals surface area (Å²) in [5.41, 5.74) is 4.58. The van der Waals surface area contributed by atoms with Gasteiger partial charge in [0.05, 0.1) is 22.8 Å². The fourth-order valence-corrected chi connectivity index (χ4v) is 3.95. The molecular formula is C24H17BrCl2N2O4. The Hall–Kier alpha value is -3.00. The minimum absolute atomic E-state index is 0.00563. The van der Waals surface area contributed by atoms with Crippen molar-refractivity contribution in [2.24, 2.45) is 0 Å². The van der Waals surface area contributed by atoms with Crippen molar-refractivity contribution in [2.75, 3.05) is 12.1 Å². The SMILES string of the molecule is COc1cc(/C=C2/C(=O)NN(c3ccccc3)C2=O)c(Br)cc1OCc1ccc(Cl)c(Cl)c1. The van der Waals surface area contributed by atoms with E-state index in [-0.39, 0.29) is 12.2 Å². The second-order valence-electron chi connectivity index (χ2n) is 7.04. The Labute approximate surface area is 208 Å². The number of ether oxygens (including phenoxy) is 2. The van der Waals surface area contributed by atoms with Crippen LogP contribution in [-0.4, -0.2) is 18.9 Å². The Balaban J connectivity index is 1.58. The van der Waals surface area contributed by atoms with Gasteiger partial charge in [-0.2, -0.15) is 0 Å². The lowest BCUT2D eigenvalue weighted by molar-refractivity contribution is -0.117. The highest BCUT2D eigenvalue weighted by molar-refractivity contribution is 9.10. The first-order chi connectivity index (χ1) is 15.9. The summed E-state index contributed by atoms with van der Waals surface area (Å²) >= 11 is 15.5. The third-order valence-corrected chi connectivity index (χ3v) is 6.29. The lowest BCUT2D eigenvalue weighted by Crippen LogP contribution is -2.35. The molecule has 1 N–H and O–H groups in total. The molecule has 0 bridgehead atoms. The van der Waals surface area contributed by atoms with Crippen LogP contribution in [0.15, 0.2) is 70.7 Å². The number of halogens is 3. The monoisotopic (exact) mass is 546 g/mol. The zero-order valence-electron chi connectivity index (χ0n) is 17.3. The van der Waals surface area contributed by atoms with Gasteiger partial charge < -0.3 is 9.47 Å².